The Balaban J connectivity index is 1.65. The number of Topliss-reactive ketones (excluding diaryl/α,β-unsaturated/α-hetero) is 1. The third-order valence-electron chi connectivity index (χ3n) is 7.09. The minimum Gasteiger partial charge on any atom is -0.352 e. The summed E-state index contributed by atoms with van der Waals surface area (Å²) in [5.74, 6) is -2.52. The van der Waals surface area contributed by atoms with Gasteiger partial charge in [-0.3, -0.25) is 29.4 Å². The molecule has 2 aromatic carbocycles. The molecule has 5 atom stereocenters. The van der Waals surface area contributed by atoms with E-state index in [4.69, 9.17) is 0 Å². The second kappa shape index (κ2) is 7.65. The van der Waals surface area contributed by atoms with Gasteiger partial charge in [0, 0.05) is 29.4 Å². The van der Waals surface area contributed by atoms with Gasteiger partial charge in [0.15, 0.2) is 5.78 Å². The minimum absolute atomic E-state index is 0.155. The van der Waals surface area contributed by atoms with Gasteiger partial charge in [-0.1, -0.05) is 49.4 Å². The molecule has 2 aromatic rings. The SMILES string of the molecule is CC[C@@H](C)N1C(=O)[C@@H]2[C@H](C1=O)[C@H]1C=Cc3ccccc3N1[C@H]2C(=O)c1cccc([N+](=O)[O-])c1. The van der Waals surface area contributed by atoms with Gasteiger partial charge in [0.25, 0.3) is 5.69 Å². The van der Waals surface area contributed by atoms with Crippen molar-refractivity contribution < 1.29 is 19.3 Å². The first-order chi connectivity index (χ1) is 15.8. The van der Waals surface area contributed by atoms with E-state index < -0.39 is 34.6 Å². The third-order valence-corrected chi connectivity index (χ3v) is 7.09. The van der Waals surface area contributed by atoms with Gasteiger partial charge in [-0.25, -0.2) is 0 Å². The third kappa shape index (κ3) is 3.01. The number of imide groups is 1. The van der Waals surface area contributed by atoms with Crippen molar-refractivity contribution in [3.8, 4) is 0 Å². The number of nitro groups is 1. The maximum atomic E-state index is 13.9. The fraction of sp³-hybridized carbons (Fsp3) is 0.320. The van der Waals surface area contributed by atoms with Crippen molar-refractivity contribution in [2.45, 2.75) is 38.4 Å². The number of hydrogen-bond donors (Lipinski definition) is 0. The van der Waals surface area contributed by atoms with E-state index in [0.29, 0.717) is 6.42 Å². The van der Waals surface area contributed by atoms with Crippen molar-refractivity contribution in [1.82, 2.24) is 4.90 Å². The van der Waals surface area contributed by atoms with Crippen LogP contribution in [0.1, 0.15) is 36.2 Å². The number of hydrogen-bond acceptors (Lipinski definition) is 6. The van der Waals surface area contributed by atoms with Crippen LogP contribution in [0, 0.1) is 22.0 Å². The van der Waals surface area contributed by atoms with Crippen LogP contribution in [0.4, 0.5) is 11.4 Å². The lowest BCUT2D eigenvalue weighted by Crippen LogP contribution is -2.50. The molecule has 2 saturated heterocycles. The molecule has 33 heavy (non-hydrogen) atoms. The van der Waals surface area contributed by atoms with E-state index in [9.17, 15) is 24.5 Å². The molecule has 0 aliphatic carbocycles. The fourth-order valence-electron chi connectivity index (χ4n) is 5.40. The van der Waals surface area contributed by atoms with Crippen LogP contribution >= 0.6 is 0 Å². The molecule has 0 radical (unpaired) electrons. The Morgan fingerprint density at radius 2 is 1.82 bits per heavy atom. The summed E-state index contributed by atoms with van der Waals surface area (Å²) in [4.78, 5) is 54.8. The molecule has 0 spiro atoms. The van der Waals surface area contributed by atoms with Crippen LogP contribution in [0.2, 0.25) is 0 Å². The van der Waals surface area contributed by atoms with Crippen molar-refractivity contribution in [3.63, 3.8) is 0 Å². The Bertz CT molecular complexity index is 1220. The molecule has 0 saturated carbocycles. The Labute approximate surface area is 190 Å². The molecule has 3 heterocycles. The number of rotatable bonds is 5. The summed E-state index contributed by atoms with van der Waals surface area (Å²) in [7, 11) is 0. The molecule has 3 aliphatic rings. The molecular formula is C25H23N3O5. The van der Waals surface area contributed by atoms with E-state index in [-0.39, 0.29) is 29.1 Å². The molecule has 0 bridgehead atoms. The molecule has 3 aliphatic heterocycles. The Kier molecular flexibility index (Phi) is 4.88. The highest BCUT2D eigenvalue weighted by atomic mass is 16.6. The van der Waals surface area contributed by atoms with Crippen LogP contribution in [0.5, 0.6) is 0 Å². The van der Waals surface area contributed by atoms with Crippen LogP contribution in [-0.2, 0) is 9.59 Å². The topological polar surface area (TPSA) is 101 Å². The van der Waals surface area contributed by atoms with E-state index in [1.165, 1.54) is 29.2 Å². The van der Waals surface area contributed by atoms with Gasteiger partial charge in [-0.05, 0) is 25.0 Å². The predicted octanol–water partition coefficient (Wildman–Crippen LogP) is 3.46. The standard InChI is InChI=1S/C25H23N3O5/c1-3-14(2)26-24(30)20-19-12-11-15-7-4-5-10-18(15)27(19)22(21(20)25(26)31)23(29)16-8-6-9-17(13-16)28(32)33/h4-14,19-22H,3H2,1-2H3/t14-,19-,20-,21-,22-/m1/s1. The van der Waals surface area contributed by atoms with Crippen LogP contribution in [-0.4, -0.2) is 45.5 Å². The Morgan fingerprint density at radius 1 is 1.09 bits per heavy atom. The summed E-state index contributed by atoms with van der Waals surface area (Å²) >= 11 is 0. The molecule has 168 valence electrons. The normalized spacial score (nSPS) is 26.1. The number of carbonyl (C=O) groups excluding carboxylic acids is 3. The summed E-state index contributed by atoms with van der Waals surface area (Å²) in [5, 5.41) is 11.3. The molecule has 5 rings (SSSR count). The number of likely N-dealkylation sites (tertiary alicyclic amines) is 1. The van der Waals surface area contributed by atoms with E-state index in [1.54, 1.807) is 0 Å². The zero-order valence-corrected chi connectivity index (χ0v) is 18.3. The molecule has 8 heteroatoms. The lowest BCUT2D eigenvalue weighted by atomic mass is 9.86. The number of nitrogens with zero attached hydrogens (tertiary/aromatic N) is 3. The first kappa shape index (κ1) is 21.1. The number of benzene rings is 2. The van der Waals surface area contributed by atoms with E-state index in [0.717, 1.165) is 11.3 Å². The second-order valence-electron chi connectivity index (χ2n) is 8.79. The van der Waals surface area contributed by atoms with Crippen LogP contribution < -0.4 is 4.90 Å². The smallest absolute Gasteiger partial charge is 0.270 e. The number of non-ortho nitro benzene ring substituents is 1. The van der Waals surface area contributed by atoms with Gasteiger partial charge >= 0.3 is 0 Å². The fourth-order valence-corrected chi connectivity index (χ4v) is 5.40. The van der Waals surface area contributed by atoms with Gasteiger partial charge in [-0.15, -0.1) is 0 Å². The average molecular weight is 445 g/mol. The summed E-state index contributed by atoms with van der Waals surface area (Å²) in [6.07, 6.45) is 4.44. The Morgan fingerprint density at radius 3 is 2.55 bits per heavy atom. The van der Waals surface area contributed by atoms with Crippen LogP contribution in [0.3, 0.4) is 0 Å². The summed E-state index contributed by atoms with van der Waals surface area (Å²) in [5.41, 5.74) is 1.63. The van der Waals surface area contributed by atoms with Crippen molar-refractivity contribution >= 4 is 35.0 Å². The maximum Gasteiger partial charge on any atom is 0.270 e. The lowest BCUT2D eigenvalue weighted by Gasteiger charge is -2.37. The number of anilines is 1. The number of amides is 2. The first-order valence-electron chi connectivity index (χ1n) is 11.1. The van der Waals surface area contributed by atoms with Gasteiger partial charge in [0.1, 0.15) is 6.04 Å². The van der Waals surface area contributed by atoms with E-state index in [2.05, 4.69) is 0 Å². The second-order valence-corrected chi connectivity index (χ2v) is 8.79. The zero-order valence-electron chi connectivity index (χ0n) is 18.3. The zero-order chi connectivity index (χ0) is 23.4. The van der Waals surface area contributed by atoms with Crippen molar-refractivity contribution in [2.24, 2.45) is 11.8 Å². The number of nitro benzene ring substituents is 1. The van der Waals surface area contributed by atoms with Crippen molar-refractivity contribution in [1.29, 1.82) is 0 Å². The molecule has 2 fully saturated rings. The molecule has 0 N–H and O–H groups in total. The highest BCUT2D eigenvalue weighted by Gasteiger charge is 2.64. The number of fused-ring (bicyclic) bond motifs is 5. The molecular weight excluding hydrogens is 422 g/mol. The highest BCUT2D eigenvalue weighted by Crippen LogP contribution is 2.49. The first-order valence-corrected chi connectivity index (χ1v) is 11.1. The Hall–Kier alpha value is -3.81. The molecule has 8 nitrogen and oxygen atoms in total. The molecule has 0 unspecified atom stereocenters. The van der Waals surface area contributed by atoms with Crippen molar-refractivity contribution in [3.05, 3.63) is 75.8 Å². The van der Waals surface area contributed by atoms with Crippen LogP contribution in [0.15, 0.2) is 54.6 Å². The summed E-state index contributed by atoms with van der Waals surface area (Å²) in [6, 6.07) is 11.5. The van der Waals surface area contributed by atoms with Crippen LogP contribution in [0.25, 0.3) is 6.08 Å². The largest absolute Gasteiger partial charge is 0.352 e. The monoisotopic (exact) mass is 445 g/mol. The number of para-hydroxylation sites is 1. The van der Waals surface area contributed by atoms with E-state index in [1.807, 2.05) is 55.2 Å². The minimum atomic E-state index is -0.932. The number of carbonyl (C=O) groups is 3. The van der Waals surface area contributed by atoms with Gasteiger partial charge in [-0.2, -0.15) is 0 Å². The molecule has 2 amide bonds. The van der Waals surface area contributed by atoms with Gasteiger partial charge in [0.2, 0.25) is 11.8 Å². The lowest BCUT2D eigenvalue weighted by molar-refractivity contribution is -0.384. The maximum absolute atomic E-state index is 13.9. The summed E-state index contributed by atoms with van der Waals surface area (Å²) in [6.45, 7) is 3.74. The van der Waals surface area contributed by atoms with E-state index >= 15 is 0 Å². The predicted molar refractivity (Wildman–Crippen MR) is 122 cm³/mol. The highest BCUT2D eigenvalue weighted by molar-refractivity contribution is 6.14. The van der Waals surface area contributed by atoms with Gasteiger partial charge in [0.05, 0.1) is 22.8 Å². The summed E-state index contributed by atoms with van der Waals surface area (Å²) < 4.78 is 0. The quantitative estimate of drug-likeness (QED) is 0.302. The average Bonchev–Trinajstić information content (AvgIpc) is 3.31. The van der Waals surface area contributed by atoms with Crippen molar-refractivity contribution in [2.75, 3.05) is 4.90 Å². The van der Waals surface area contributed by atoms with Gasteiger partial charge < -0.3 is 4.90 Å². The molecule has 0 aromatic heterocycles. The number of ketones is 1.